The van der Waals surface area contributed by atoms with E-state index in [0.717, 1.165) is 19.4 Å². The van der Waals surface area contributed by atoms with E-state index in [0.29, 0.717) is 5.92 Å². The van der Waals surface area contributed by atoms with E-state index in [-0.39, 0.29) is 5.41 Å². The molecular formula is C32H47N2+. The van der Waals surface area contributed by atoms with E-state index in [1.165, 1.54) is 74.7 Å². The average molecular weight is 460 g/mol. The summed E-state index contributed by atoms with van der Waals surface area (Å²) in [5.74, 6) is 1.80. The molecule has 2 heteroatoms. The van der Waals surface area contributed by atoms with Crippen molar-refractivity contribution in [2.45, 2.75) is 109 Å². The van der Waals surface area contributed by atoms with E-state index >= 15 is 0 Å². The van der Waals surface area contributed by atoms with E-state index < -0.39 is 0 Å². The minimum absolute atomic E-state index is 0.0163. The van der Waals surface area contributed by atoms with Crippen LogP contribution in [0.25, 0.3) is 0 Å². The van der Waals surface area contributed by atoms with Gasteiger partial charge >= 0.3 is 0 Å². The van der Waals surface area contributed by atoms with Crippen LogP contribution in [0.1, 0.15) is 108 Å². The maximum Gasteiger partial charge on any atom is 0.258 e. The Kier molecular flexibility index (Phi) is 10.9. The molecule has 3 rings (SSSR count). The molecule has 1 aromatic heterocycles. The average Bonchev–Trinajstić information content (AvgIpc) is 3.32. The van der Waals surface area contributed by atoms with Crippen molar-refractivity contribution in [3.63, 3.8) is 0 Å². The summed E-state index contributed by atoms with van der Waals surface area (Å²) in [6, 6.07) is 22.2. The first-order valence-corrected chi connectivity index (χ1v) is 13.8. The summed E-state index contributed by atoms with van der Waals surface area (Å²) in [5, 5.41) is 0. The topological polar surface area (TPSA) is 19.7 Å². The van der Waals surface area contributed by atoms with E-state index in [1.807, 2.05) is 0 Å². The van der Waals surface area contributed by atoms with Crippen LogP contribution in [0, 0.1) is 0 Å². The fraction of sp³-hybridized carbons (Fsp3) is 0.531. The second kappa shape index (κ2) is 14.1. The summed E-state index contributed by atoms with van der Waals surface area (Å²) >= 11 is 0. The Morgan fingerprint density at radius 3 is 1.97 bits per heavy atom. The number of aromatic nitrogens is 2. The Balaban J connectivity index is 1.68. The Hall–Kier alpha value is -2.35. The predicted molar refractivity (Wildman–Crippen MR) is 145 cm³/mol. The fourth-order valence-electron chi connectivity index (χ4n) is 5.68. The lowest BCUT2D eigenvalue weighted by Crippen LogP contribution is -2.43. The first-order chi connectivity index (χ1) is 16.7. The minimum atomic E-state index is 0.0163. The highest BCUT2D eigenvalue weighted by Crippen LogP contribution is 2.42. The smallest absolute Gasteiger partial charge is 0.247 e. The van der Waals surface area contributed by atoms with Gasteiger partial charge in [0.2, 0.25) is 0 Å². The quantitative estimate of drug-likeness (QED) is 0.164. The zero-order valence-electron chi connectivity index (χ0n) is 21.9. The normalized spacial score (nSPS) is 14.1. The van der Waals surface area contributed by atoms with Crippen molar-refractivity contribution in [2.75, 3.05) is 0 Å². The summed E-state index contributed by atoms with van der Waals surface area (Å²) in [7, 11) is 0. The first kappa shape index (κ1) is 26.3. The van der Waals surface area contributed by atoms with E-state index in [4.69, 9.17) is 0 Å². The largest absolute Gasteiger partial charge is 0.258 e. The third-order valence-corrected chi connectivity index (χ3v) is 7.65. The molecule has 184 valence electrons. The Morgan fingerprint density at radius 1 is 0.765 bits per heavy atom. The second-order valence-corrected chi connectivity index (χ2v) is 10.3. The van der Waals surface area contributed by atoms with Crippen molar-refractivity contribution in [1.82, 2.24) is 4.98 Å². The molecule has 0 aliphatic carbocycles. The van der Waals surface area contributed by atoms with Crippen molar-refractivity contribution in [2.24, 2.45) is 0 Å². The van der Waals surface area contributed by atoms with Crippen molar-refractivity contribution < 1.29 is 4.57 Å². The minimum Gasteiger partial charge on any atom is -0.247 e. The van der Waals surface area contributed by atoms with Crippen LogP contribution in [0.3, 0.4) is 0 Å². The molecule has 0 radical (unpaired) electrons. The number of nitrogens with one attached hydrogen (secondary N) is 1. The number of aryl methyl sites for hydroxylation is 1. The SMILES string of the molecule is CCCCCCCCCCC[n+]1cc[nH]c1C(CC)C(C)(Cc1ccccc1)c1ccccc1. The van der Waals surface area contributed by atoms with Crippen LogP contribution >= 0.6 is 0 Å². The van der Waals surface area contributed by atoms with Gasteiger partial charge in [0.25, 0.3) is 5.82 Å². The summed E-state index contributed by atoms with van der Waals surface area (Å²) in [6.07, 6.45) is 18.9. The number of unbranched alkanes of at least 4 members (excludes halogenated alkanes) is 8. The molecule has 0 saturated heterocycles. The maximum absolute atomic E-state index is 3.66. The highest BCUT2D eigenvalue weighted by atomic mass is 15.1. The molecule has 2 aromatic carbocycles. The van der Waals surface area contributed by atoms with E-state index in [9.17, 15) is 0 Å². The molecular weight excluding hydrogens is 412 g/mol. The zero-order valence-corrected chi connectivity index (χ0v) is 21.9. The van der Waals surface area contributed by atoms with Gasteiger partial charge in [-0.25, -0.2) is 9.55 Å². The van der Waals surface area contributed by atoms with Gasteiger partial charge in [-0.1, -0.05) is 126 Å². The second-order valence-electron chi connectivity index (χ2n) is 10.3. The summed E-state index contributed by atoms with van der Waals surface area (Å²) in [4.78, 5) is 3.66. The van der Waals surface area contributed by atoms with Gasteiger partial charge in [0, 0.05) is 5.41 Å². The number of nitrogens with zero attached hydrogens (tertiary/aromatic N) is 1. The molecule has 1 N–H and O–H groups in total. The van der Waals surface area contributed by atoms with Crippen LogP contribution in [-0.2, 0) is 18.4 Å². The highest BCUT2D eigenvalue weighted by Gasteiger charge is 2.41. The van der Waals surface area contributed by atoms with Crippen LogP contribution in [0.4, 0.5) is 0 Å². The standard InChI is InChI=1S/C32H46N2/c1-4-6-7-8-9-10-11-12-19-25-34-26-24-33-31(34)30(5-2)32(3,29-22-17-14-18-23-29)27-28-20-15-13-16-21-28/h13-18,20-24,26,30H,4-12,19,25,27H2,1-3H3/p+1. The Labute approximate surface area is 208 Å². The lowest BCUT2D eigenvalue weighted by Gasteiger charge is -2.36. The summed E-state index contributed by atoms with van der Waals surface area (Å²) in [6.45, 7) is 8.22. The highest BCUT2D eigenvalue weighted by molar-refractivity contribution is 5.32. The Morgan fingerprint density at radius 2 is 1.35 bits per heavy atom. The van der Waals surface area contributed by atoms with Crippen molar-refractivity contribution in [3.8, 4) is 0 Å². The van der Waals surface area contributed by atoms with Gasteiger partial charge in [-0.3, -0.25) is 0 Å². The number of rotatable bonds is 16. The van der Waals surface area contributed by atoms with Crippen LogP contribution in [-0.4, -0.2) is 4.98 Å². The monoisotopic (exact) mass is 459 g/mol. The predicted octanol–water partition coefficient (Wildman–Crippen LogP) is 8.53. The molecule has 34 heavy (non-hydrogen) atoms. The third-order valence-electron chi connectivity index (χ3n) is 7.65. The molecule has 2 atom stereocenters. The van der Waals surface area contributed by atoms with Gasteiger partial charge in [0.1, 0.15) is 12.4 Å². The molecule has 0 aliphatic heterocycles. The van der Waals surface area contributed by atoms with Gasteiger partial charge in [-0.05, 0) is 36.8 Å². The van der Waals surface area contributed by atoms with Crippen LogP contribution in [0.2, 0.25) is 0 Å². The van der Waals surface area contributed by atoms with Gasteiger partial charge in [0.05, 0.1) is 12.5 Å². The molecule has 2 nitrogen and oxygen atoms in total. The van der Waals surface area contributed by atoms with Gasteiger partial charge in [0.15, 0.2) is 0 Å². The number of hydrogen-bond donors (Lipinski definition) is 1. The van der Waals surface area contributed by atoms with Gasteiger partial charge in [-0.15, -0.1) is 0 Å². The van der Waals surface area contributed by atoms with Gasteiger partial charge < -0.3 is 0 Å². The number of benzene rings is 2. The molecule has 0 saturated carbocycles. The number of imidazole rings is 1. The Bertz CT molecular complexity index is 914. The summed E-state index contributed by atoms with van der Waals surface area (Å²) < 4.78 is 2.50. The lowest BCUT2D eigenvalue weighted by molar-refractivity contribution is -0.705. The molecule has 0 bridgehead atoms. The third kappa shape index (κ3) is 7.32. The van der Waals surface area contributed by atoms with E-state index in [1.54, 1.807) is 0 Å². The van der Waals surface area contributed by atoms with E-state index in [2.05, 4.69) is 103 Å². The van der Waals surface area contributed by atoms with Crippen LogP contribution < -0.4 is 4.57 Å². The number of hydrogen-bond acceptors (Lipinski definition) is 0. The zero-order chi connectivity index (χ0) is 24.1. The fourth-order valence-corrected chi connectivity index (χ4v) is 5.68. The molecule has 3 aromatic rings. The molecule has 1 heterocycles. The molecule has 0 aliphatic rings. The summed E-state index contributed by atoms with van der Waals surface area (Å²) in [5.41, 5.74) is 2.85. The van der Waals surface area contributed by atoms with Crippen molar-refractivity contribution >= 4 is 0 Å². The number of H-pyrrole nitrogens is 1. The maximum atomic E-state index is 3.66. The van der Waals surface area contributed by atoms with Crippen LogP contribution in [0.15, 0.2) is 73.1 Å². The number of aromatic amines is 1. The van der Waals surface area contributed by atoms with Gasteiger partial charge in [-0.2, -0.15) is 0 Å². The molecule has 0 amide bonds. The van der Waals surface area contributed by atoms with Crippen molar-refractivity contribution in [1.29, 1.82) is 0 Å². The molecule has 0 fully saturated rings. The molecule has 0 spiro atoms. The lowest BCUT2D eigenvalue weighted by atomic mass is 9.66. The first-order valence-electron chi connectivity index (χ1n) is 13.8. The molecule has 2 unspecified atom stereocenters. The van der Waals surface area contributed by atoms with Crippen molar-refractivity contribution in [3.05, 3.63) is 90.0 Å². The van der Waals surface area contributed by atoms with Crippen LogP contribution in [0.5, 0.6) is 0 Å².